The lowest BCUT2D eigenvalue weighted by molar-refractivity contribution is -0.111. The molecule has 0 atom stereocenters. The molecule has 2 aromatic carbocycles. The van der Waals surface area contributed by atoms with Gasteiger partial charge in [-0.15, -0.1) is 0 Å². The van der Waals surface area contributed by atoms with Crippen LogP contribution < -0.4 is 15.8 Å². The number of rotatable bonds is 6. The Labute approximate surface area is 145 Å². The van der Waals surface area contributed by atoms with E-state index in [1.165, 1.54) is 12.1 Å². The molecule has 0 saturated heterocycles. The Kier molecular flexibility index (Phi) is 5.56. The van der Waals surface area contributed by atoms with Crippen LogP contribution in [0.4, 0.5) is 11.4 Å². The van der Waals surface area contributed by atoms with Crippen LogP contribution in [0.25, 0.3) is 6.08 Å². The second-order valence-electron chi connectivity index (χ2n) is 5.26. The largest absolute Gasteiger partial charge is 0.366 e. The molecule has 130 valence electrons. The molecule has 8 heteroatoms. The number of nitrogens with two attached hydrogens (primary N) is 1. The molecule has 0 radical (unpaired) electrons. The average molecular weight is 359 g/mol. The van der Waals surface area contributed by atoms with Crippen molar-refractivity contribution in [1.29, 1.82) is 0 Å². The zero-order valence-electron chi connectivity index (χ0n) is 13.4. The van der Waals surface area contributed by atoms with Crippen LogP contribution in [0, 0.1) is 0 Å². The highest BCUT2D eigenvalue weighted by Crippen LogP contribution is 2.13. The lowest BCUT2D eigenvalue weighted by Crippen LogP contribution is -2.12. The summed E-state index contributed by atoms with van der Waals surface area (Å²) in [6.45, 7) is 0. The molecular weight excluding hydrogens is 342 g/mol. The van der Waals surface area contributed by atoms with Crippen LogP contribution in [-0.2, 0) is 14.8 Å². The van der Waals surface area contributed by atoms with Gasteiger partial charge in [-0.05, 0) is 42.0 Å². The molecule has 2 rings (SSSR count). The molecule has 0 bridgehead atoms. The number of nitrogens with one attached hydrogen (secondary N) is 2. The van der Waals surface area contributed by atoms with Crippen LogP contribution in [0.1, 0.15) is 15.9 Å². The first-order valence-electron chi connectivity index (χ1n) is 7.20. The second-order valence-corrected chi connectivity index (χ2v) is 7.01. The summed E-state index contributed by atoms with van der Waals surface area (Å²) in [6.07, 6.45) is 3.98. The number of carbonyl (C=O) groups is 2. The molecule has 25 heavy (non-hydrogen) atoms. The first-order chi connectivity index (χ1) is 11.7. The van der Waals surface area contributed by atoms with Gasteiger partial charge in [0.1, 0.15) is 0 Å². The number of carbonyl (C=O) groups excluding carboxylic acids is 2. The van der Waals surface area contributed by atoms with Gasteiger partial charge in [-0.25, -0.2) is 8.42 Å². The molecule has 0 saturated carbocycles. The molecule has 4 N–H and O–H groups in total. The molecule has 0 unspecified atom stereocenters. The van der Waals surface area contributed by atoms with Crippen molar-refractivity contribution < 1.29 is 18.0 Å². The highest BCUT2D eigenvalue weighted by molar-refractivity contribution is 7.92. The maximum atomic E-state index is 11.9. The summed E-state index contributed by atoms with van der Waals surface area (Å²) < 4.78 is 24.6. The van der Waals surface area contributed by atoms with Crippen LogP contribution in [0.5, 0.6) is 0 Å². The number of hydrogen-bond acceptors (Lipinski definition) is 4. The fourth-order valence-electron chi connectivity index (χ4n) is 1.98. The molecule has 0 heterocycles. The van der Waals surface area contributed by atoms with E-state index < -0.39 is 15.9 Å². The predicted octanol–water partition coefficient (Wildman–Crippen LogP) is 1.81. The minimum atomic E-state index is -3.33. The van der Waals surface area contributed by atoms with E-state index in [1.807, 2.05) is 0 Å². The summed E-state index contributed by atoms with van der Waals surface area (Å²) >= 11 is 0. The Bertz CT molecular complexity index is 919. The van der Waals surface area contributed by atoms with Crippen molar-refractivity contribution in [2.45, 2.75) is 0 Å². The number of benzene rings is 2. The van der Waals surface area contributed by atoms with Gasteiger partial charge >= 0.3 is 0 Å². The van der Waals surface area contributed by atoms with Gasteiger partial charge in [-0.1, -0.05) is 18.2 Å². The van der Waals surface area contributed by atoms with Gasteiger partial charge in [0.25, 0.3) is 0 Å². The van der Waals surface area contributed by atoms with E-state index in [2.05, 4.69) is 10.0 Å². The number of primary amides is 1. The topological polar surface area (TPSA) is 118 Å². The molecular formula is C17H17N3O4S. The molecule has 0 aliphatic rings. The summed E-state index contributed by atoms with van der Waals surface area (Å²) in [5.41, 5.74) is 7.11. The zero-order valence-corrected chi connectivity index (χ0v) is 14.2. The zero-order chi connectivity index (χ0) is 18.4. The van der Waals surface area contributed by atoms with Crippen molar-refractivity contribution in [3.05, 3.63) is 65.7 Å². The van der Waals surface area contributed by atoms with Gasteiger partial charge < -0.3 is 11.1 Å². The average Bonchev–Trinajstić information content (AvgIpc) is 2.53. The molecule has 0 fully saturated rings. The van der Waals surface area contributed by atoms with Gasteiger partial charge in [-0.2, -0.15) is 0 Å². The summed E-state index contributed by atoms with van der Waals surface area (Å²) in [5.74, 6) is -0.950. The Hall–Kier alpha value is -3.13. The summed E-state index contributed by atoms with van der Waals surface area (Å²) in [4.78, 5) is 23.0. The normalized spacial score (nSPS) is 11.2. The van der Waals surface area contributed by atoms with Gasteiger partial charge in [-0.3, -0.25) is 14.3 Å². The van der Waals surface area contributed by atoms with Crippen molar-refractivity contribution in [2.24, 2.45) is 5.73 Å². The Morgan fingerprint density at radius 3 is 2.32 bits per heavy atom. The highest BCUT2D eigenvalue weighted by Gasteiger charge is 2.03. The molecule has 0 aromatic heterocycles. The minimum Gasteiger partial charge on any atom is -0.366 e. The predicted molar refractivity (Wildman–Crippen MR) is 97.5 cm³/mol. The molecule has 2 amide bonds. The molecule has 7 nitrogen and oxygen atoms in total. The maximum absolute atomic E-state index is 11.9. The fraction of sp³-hybridized carbons (Fsp3) is 0.0588. The second kappa shape index (κ2) is 7.63. The summed E-state index contributed by atoms with van der Waals surface area (Å²) in [7, 11) is -3.33. The third-order valence-electron chi connectivity index (χ3n) is 3.06. The summed E-state index contributed by atoms with van der Waals surface area (Å²) in [5, 5.41) is 2.62. The van der Waals surface area contributed by atoms with Crippen LogP contribution >= 0.6 is 0 Å². The minimum absolute atomic E-state index is 0.302. The number of sulfonamides is 1. The Morgan fingerprint density at radius 1 is 1.04 bits per heavy atom. The monoisotopic (exact) mass is 359 g/mol. The van der Waals surface area contributed by atoms with Gasteiger partial charge in [0, 0.05) is 23.0 Å². The number of amides is 2. The maximum Gasteiger partial charge on any atom is 0.248 e. The van der Waals surface area contributed by atoms with Crippen LogP contribution in [0.15, 0.2) is 54.6 Å². The third kappa shape index (κ3) is 6.11. The van der Waals surface area contributed by atoms with Gasteiger partial charge in [0.2, 0.25) is 21.8 Å². The lowest BCUT2D eigenvalue weighted by Gasteiger charge is -2.04. The van der Waals surface area contributed by atoms with E-state index in [0.717, 1.165) is 11.8 Å². The number of anilines is 2. The molecule has 0 aliphatic heterocycles. The van der Waals surface area contributed by atoms with Crippen LogP contribution in [0.3, 0.4) is 0 Å². The number of hydrogen-bond donors (Lipinski definition) is 3. The third-order valence-corrected chi connectivity index (χ3v) is 3.66. The van der Waals surface area contributed by atoms with E-state index in [4.69, 9.17) is 5.73 Å². The highest BCUT2D eigenvalue weighted by atomic mass is 32.2. The smallest absolute Gasteiger partial charge is 0.248 e. The van der Waals surface area contributed by atoms with E-state index in [-0.39, 0.29) is 5.91 Å². The van der Waals surface area contributed by atoms with E-state index in [1.54, 1.807) is 48.5 Å². The van der Waals surface area contributed by atoms with Crippen LogP contribution in [-0.4, -0.2) is 26.5 Å². The standard InChI is InChI=1S/C17H17N3O4S/c1-25(23,24)20-14-8-5-12(6-9-14)7-10-16(21)19-15-4-2-3-13(11-15)17(18)22/h2-11,20H,1H3,(H2,18,22)(H,19,21). The van der Waals surface area contributed by atoms with Gasteiger partial charge in [0.05, 0.1) is 6.26 Å². The lowest BCUT2D eigenvalue weighted by atomic mass is 10.2. The van der Waals surface area contributed by atoms with Gasteiger partial charge in [0.15, 0.2) is 0 Å². The molecule has 0 spiro atoms. The van der Waals surface area contributed by atoms with Crippen molar-refractivity contribution in [3.8, 4) is 0 Å². The SMILES string of the molecule is CS(=O)(=O)Nc1ccc(C=CC(=O)Nc2cccc(C(N)=O)c2)cc1. The van der Waals surface area contributed by atoms with Crippen molar-refractivity contribution >= 4 is 39.3 Å². The van der Waals surface area contributed by atoms with Crippen LogP contribution in [0.2, 0.25) is 0 Å². The van der Waals surface area contributed by atoms with E-state index >= 15 is 0 Å². The van der Waals surface area contributed by atoms with Crippen molar-refractivity contribution in [2.75, 3.05) is 16.3 Å². The quantitative estimate of drug-likeness (QED) is 0.682. The van der Waals surface area contributed by atoms with E-state index in [0.29, 0.717) is 16.9 Å². The first-order valence-corrected chi connectivity index (χ1v) is 9.09. The molecule has 2 aromatic rings. The van der Waals surface area contributed by atoms with E-state index in [9.17, 15) is 18.0 Å². The summed E-state index contributed by atoms with van der Waals surface area (Å²) in [6, 6.07) is 12.8. The van der Waals surface area contributed by atoms with Crippen molar-refractivity contribution in [1.82, 2.24) is 0 Å². The first kappa shape index (κ1) is 18.2. The fourth-order valence-corrected chi connectivity index (χ4v) is 2.55. The molecule has 0 aliphatic carbocycles. The Balaban J connectivity index is 2.00. The van der Waals surface area contributed by atoms with Crippen molar-refractivity contribution in [3.63, 3.8) is 0 Å². The Morgan fingerprint density at radius 2 is 1.72 bits per heavy atom.